The predicted octanol–water partition coefficient (Wildman–Crippen LogP) is 4.26. The Balaban J connectivity index is 4.84. The molecule has 0 saturated carbocycles. The van der Waals surface area contributed by atoms with E-state index < -0.39 is 28.5 Å². The van der Waals surface area contributed by atoms with Crippen molar-refractivity contribution in [1.82, 2.24) is 0 Å². The van der Waals surface area contributed by atoms with Crippen LogP contribution in [0.2, 0.25) is 13.3 Å². The first-order valence-corrected chi connectivity index (χ1v) is 17.0. The van der Waals surface area contributed by atoms with Gasteiger partial charge in [-0.15, -0.1) is 0 Å². The molecule has 0 aromatic heterocycles. The summed E-state index contributed by atoms with van der Waals surface area (Å²) in [6.45, 7) is 6.47. The summed E-state index contributed by atoms with van der Waals surface area (Å²) in [6, 6.07) is 0. The molecule has 0 aromatic carbocycles. The van der Waals surface area contributed by atoms with Crippen molar-refractivity contribution in [3.63, 3.8) is 0 Å². The maximum atomic E-state index is 11.3. The number of rotatable bonds is 11. The average molecular weight is 385 g/mol. The summed E-state index contributed by atoms with van der Waals surface area (Å²) in [7, 11) is -3.78. The molecule has 18 heavy (non-hydrogen) atoms. The molecule has 0 aliphatic heterocycles. The summed E-state index contributed by atoms with van der Waals surface area (Å²) in [6.07, 6.45) is 6.80. The van der Waals surface area contributed by atoms with E-state index in [1.54, 1.807) is 0 Å². The van der Waals surface area contributed by atoms with Crippen molar-refractivity contribution in [3.05, 3.63) is 0 Å². The third-order valence-corrected chi connectivity index (χ3v) is 25.1. The molecule has 0 aliphatic carbocycles. The molecular weight excluding hydrogens is 355 g/mol. The molecule has 0 unspecified atom stereocenters. The van der Waals surface area contributed by atoms with Crippen molar-refractivity contribution in [2.75, 3.05) is 3.77 Å². The van der Waals surface area contributed by atoms with Crippen LogP contribution in [-0.4, -0.2) is 35.1 Å². The molecule has 0 saturated heterocycles. The molecular formula is C13H30O3SSn. The van der Waals surface area contributed by atoms with Crippen LogP contribution < -0.4 is 0 Å². The number of hydrogen-bond donors (Lipinski definition) is 1. The third kappa shape index (κ3) is 8.75. The molecule has 0 aliphatic rings. The fraction of sp³-hybridized carbons (Fsp3) is 1.00. The molecule has 0 amide bonds. The topological polar surface area (TPSA) is 54.4 Å². The van der Waals surface area contributed by atoms with E-state index in [-0.39, 0.29) is 3.77 Å². The Morgan fingerprint density at radius 3 is 1.39 bits per heavy atom. The van der Waals surface area contributed by atoms with Crippen LogP contribution in [0.25, 0.3) is 0 Å². The van der Waals surface area contributed by atoms with E-state index in [9.17, 15) is 13.0 Å². The van der Waals surface area contributed by atoms with Gasteiger partial charge in [-0.05, 0) is 0 Å². The Morgan fingerprint density at radius 2 is 1.17 bits per heavy atom. The van der Waals surface area contributed by atoms with Crippen LogP contribution in [0, 0.1) is 0 Å². The molecule has 3 nitrogen and oxygen atoms in total. The Bertz CT molecular complexity index is 280. The van der Waals surface area contributed by atoms with Crippen molar-refractivity contribution in [3.8, 4) is 0 Å². The van der Waals surface area contributed by atoms with E-state index in [2.05, 4.69) is 20.8 Å². The zero-order valence-corrected chi connectivity index (χ0v) is 15.9. The average Bonchev–Trinajstić information content (AvgIpc) is 2.29. The molecule has 0 atom stereocenters. The fourth-order valence-electron chi connectivity index (χ4n) is 2.63. The van der Waals surface area contributed by atoms with E-state index >= 15 is 0 Å². The summed E-state index contributed by atoms with van der Waals surface area (Å²) in [5, 5.41) is 0. The minimum atomic E-state index is -3.78. The first-order chi connectivity index (χ1) is 8.39. The van der Waals surface area contributed by atoms with E-state index in [4.69, 9.17) is 0 Å². The van der Waals surface area contributed by atoms with E-state index in [1.165, 1.54) is 0 Å². The van der Waals surface area contributed by atoms with Crippen molar-refractivity contribution in [2.45, 2.75) is 72.6 Å². The van der Waals surface area contributed by atoms with Crippen molar-refractivity contribution in [1.29, 1.82) is 0 Å². The van der Waals surface area contributed by atoms with Crippen LogP contribution in [0.5, 0.6) is 0 Å². The predicted molar refractivity (Wildman–Crippen MR) is 81.3 cm³/mol. The zero-order valence-electron chi connectivity index (χ0n) is 12.2. The molecule has 0 rings (SSSR count). The number of hydrogen-bond acceptors (Lipinski definition) is 2. The standard InChI is InChI=1S/3C4H9.CH3O3S.Sn/c3*1-3-4-2;1-5(2,3)4;/h3*1,3-4H2,2H3;1H2,(H,2,3,4);. The fourth-order valence-corrected chi connectivity index (χ4v) is 25.8. The van der Waals surface area contributed by atoms with E-state index in [0.29, 0.717) is 0 Å². The second-order valence-electron chi connectivity index (χ2n) is 5.54. The quantitative estimate of drug-likeness (QED) is 0.427. The van der Waals surface area contributed by atoms with Gasteiger partial charge in [-0.2, -0.15) is 0 Å². The molecule has 1 N–H and O–H groups in total. The van der Waals surface area contributed by atoms with Crippen LogP contribution in [0.3, 0.4) is 0 Å². The molecule has 0 radical (unpaired) electrons. The van der Waals surface area contributed by atoms with Crippen molar-refractivity contribution in [2.24, 2.45) is 0 Å². The van der Waals surface area contributed by atoms with E-state index in [1.807, 2.05) is 0 Å². The second-order valence-corrected chi connectivity index (χ2v) is 22.3. The molecule has 0 spiro atoms. The summed E-state index contributed by atoms with van der Waals surface area (Å²) in [5.74, 6) is 0. The monoisotopic (exact) mass is 386 g/mol. The van der Waals surface area contributed by atoms with Gasteiger partial charge in [-0.3, -0.25) is 0 Å². The van der Waals surface area contributed by atoms with Crippen molar-refractivity contribution >= 4 is 28.5 Å². The summed E-state index contributed by atoms with van der Waals surface area (Å²) in [5.41, 5.74) is 0. The van der Waals surface area contributed by atoms with Gasteiger partial charge in [-0.1, -0.05) is 0 Å². The van der Waals surface area contributed by atoms with Gasteiger partial charge < -0.3 is 0 Å². The van der Waals surface area contributed by atoms with Gasteiger partial charge in [0.05, 0.1) is 0 Å². The first kappa shape index (κ1) is 18.7. The van der Waals surface area contributed by atoms with Gasteiger partial charge in [0.25, 0.3) is 0 Å². The maximum absolute atomic E-state index is 11.3. The molecule has 0 fully saturated rings. The summed E-state index contributed by atoms with van der Waals surface area (Å²) in [4.78, 5) is 0. The second kappa shape index (κ2) is 9.59. The molecule has 0 bridgehead atoms. The third-order valence-electron chi connectivity index (χ3n) is 3.67. The Morgan fingerprint density at radius 1 is 0.833 bits per heavy atom. The van der Waals surface area contributed by atoms with Crippen LogP contribution >= 0.6 is 0 Å². The normalized spacial score (nSPS) is 12.9. The zero-order chi connectivity index (χ0) is 14.1. The van der Waals surface area contributed by atoms with Crippen LogP contribution in [-0.2, 0) is 10.1 Å². The van der Waals surface area contributed by atoms with Gasteiger partial charge in [0.1, 0.15) is 0 Å². The number of unbranched alkanes of at least 4 members (excludes halogenated alkanes) is 3. The van der Waals surface area contributed by atoms with Crippen LogP contribution in [0.15, 0.2) is 0 Å². The SMILES string of the molecule is CCC[CH2][Sn]([CH2]CCC)([CH2]CCC)[CH2]S(=O)(=O)O. The minimum absolute atomic E-state index is 0.154. The molecule has 110 valence electrons. The van der Waals surface area contributed by atoms with Gasteiger partial charge >= 0.3 is 118 Å². The molecule has 5 heteroatoms. The van der Waals surface area contributed by atoms with Crippen molar-refractivity contribution < 1.29 is 13.0 Å². The van der Waals surface area contributed by atoms with Crippen LogP contribution in [0.4, 0.5) is 0 Å². The van der Waals surface area contributed by atoms with Gasteiger partial charge in [-0.25, -0.2) is 0 Å². The first-order valence-electron chi connectivity index (χ1n) is 7.34. The molecule has 0 aromatic rings. The Labute approximate surface area is 117 Å². The summed E-state index contributed by atoms with van der Waals surface area (Å²) < 4.78 is 35.5. The van der Waals surface area contributed by atoms with Gasteiger partial charge in [0.2, 0.25) is 0 Å². The van der Waals surface area contributed by atoms with Gasteiger partial charge in [0, 0.05) is 0 Å². The summed E-state index contributed by atoms with van der Waals surface area (Å²) >= 11 is -2.67. The molecule has 0 heterocycles. The Kier molecular flexibility index (Phi) is 9.96. The van der Waals surface area contributed by atoms with Crippen LogP contribution in [0.1, 0.15) is 59.3 Å². The van der Waals surface area contributed by atoms with E-state index in [0.717, 1.165) is 51.8 Å². The van der Waals surface area contributed by atoms with Gasteiger partial charge in [0.15, 0.2) is 0 Å². The Hall–Kier alpha value is 0.709.